The van der Waals surface area contributed by atoms with Crippen molar-refractivity contribution in [3.05, 3.63) is 42.6 Å². The van der Waals surface area contributed by atoms with Crippen molar-refractivity contribution < 1.29 is 0 Å². The number of hydrogen-bond donors (Lipinski definition) is 0. The van der Waals surface area contributed by atoms with Crippen molar-refractivity contribution in [2.75, 3.05) is 0 Å². The molecule has 1 aromatic carbocycles. The van der Waals surface area contributed by atoms with Crippen LogP contribution in [0.25, 0.3) is 17.5 Å². The fraction of sp³-hybridized carbons (Fsp3) is 0.286. The predicted octanol–water partition coefficient (Wildman–Crippen LogP) is 3.46. The molecule has 0 N–H and O–H groups in total. The van der Waals surface area contributed by atoms with E-state index in [1.807, 2.05) is 24.4 Å². The number of allylic oxidation sites excluding steroid dienone is 1. The molecule has 2 rings (SSSR count). The first kappa shape index (κ1) is 11.6. The second-order valence-electron chi connectivity index (χ2n) is 5.11. The molecule has 3 heteroatoms. The molecule has 17 heavy (non-hydrogen) atoms. The van der Waals surface area contributed by atoms with E-state index in [9.17, 15) is 0 Å². The number of benzene rings is 1. The molecular weight excluding hydrogens is 210 g/mol. The zero-order valence-electron chi connectivity index (χ0n) is 10.5. The smallest absolute Gasteiger partial charge is 0.0937 e. The molecule has 0 unspecified atom stereocenters. The number of nitrogens with zero attached hydrogens (tertiary/aromatic N) is 3. The monoisotopic (exact) mass is 227 g/mol. The highest BCUT2D eigenvalue weighted by Crippen LogP contribution is 2.19. The fourth-order valence-corrected chi connectivity index (χ4v) is 1.46. The Bertz CT molecular complexity index is 504. The van der Waals surface area contributed by atoms with E-state index < -0.39 is 0 Å². The van der Waals surface area contributed by atoms with E-state index in [2.05, 4.69) is 49.3 Å². The van der Waals surface area contributed by atoms with E-state index in [0.717, 1.165) is 11.3 Å². The third-order valence-corrected chi connectivity index (χ3v) is 2.36. The maximum Gasteiger partial charge on any atom is 0.0937 e. The van der Waals surface area contributed by atoms with Gasteiger partial charge in [-0.25, -0.2) is 4.68 Å². The quantitative estimate of drug-likeness (QED) is 0.786. The average Bonchev–Trinajstić information content (AvgIpc) is 2.75. The van der Waals surface area contributed by atoms with Gasteiger partial charge in [0.1, 0.15) is 0 Å². The molecule has 0 spiro atoms. The largest absolute Gasteiger partial charge is 0.220 e. The minimum Gasteiger partial charge on any atom is -0.220 e. The van der Waals surface area contributed by atoms with Gasteiger partial charge < -0.3 is 0 Å². The summed E-state index contributed by atoms with van der Waals surface area (Å²) in [7, 11) is 0. The molecule has 0 radical (unpaired) electrons. The Labute approximate surface area is 102 Å². The van der Waals surface area contributed by atoms with Crippen LogP contribution in [-0.2, 0) is 0 Å². The summed E-state index contributed by atoms with van der Waals surface area (Å²) in [6.07, 6.45) is 5.87. The van der Waals surface area contributed by atoms with Gasteiger partial charge in [-0.1, -0.05) is 62.4 Å². The Morgan fingerprint density at radius 1 is 1.12 bits per heavy atom. The molecule has 2 aromatic rings. The number of hydrogen-bond acceptors (Lipinski definition) is 2. The molecule has 1 heterocycles. The molecule has 0 bridgehead atoms. The van der Waals surface area contributed by atoms with Crippen LogP contribution in [0.4, 0.5) is 0 Å². The van der Waals surface area contributed by atoms with Gasteiger partial charge in [-0.3, -0.25) is 0 Å². The molecule has 0 fully saturated rings. The molecule has 1 aromatic heterocycles. The van der Waals surface area contributed by atoms with Crippen molar-refractivity contribution in [3.63, 3.8) is 0 Å². The van der Waals surface area contributed by atoms with Crippen LogP contribution >= 0.6 is 0 Å². The molecule has 0 saturated carbocycles. The van der Waals surface area contributed by atoms with Gasteiger partial charge in [0.05, 0.1) is 11.9 Å². The third-order valence-electron chi connectivity index (χ3n) is 2.36. The lowest BCUT2D eigenvalue weighted by molar-refractivity contribution is 0.544. The minimum atomic E-state index is 0.139. The van der Waals surface area contributed by atoms with Crippen molar-refractivity contribution in [3.8, 4) is 11.3 Å². The van der Waals surface area contributed by atoms with Crippen molar-refractivity contribution in [1.82, 2.24) is 15.0 Å². The molecule has 0 atom stereocenters. The van der Waals surface area contributed by atoms with Gasteiger partial charge >= 0.3 is 0 Å². The Morgan fingerprint density at radius 3 is 2.47 bits per heavy atom. The van der Waals surface area contributed by atoms with Gasteiger partial charge in [0.25, 0.3) is 0 Å². The maximum atomic E-state index is 4.08. The Hall–Kier alpha value is -1.90. The molecule has 0 aliphatic heterocycles. The first-order valence-corrected chi connectivity index (χ1v) is 5.71. The summed E-state index contributed by atoms with van der Waals surface area (Å²) >= 11 is 0. The van der Waals surface area contributed by atoms with Crippen LogP contribution in [0.3, 0.4) is 0 Å². The molecule has 88 valence electrons. The summed E-state index contributed by atoms with van der Waals surface area (Å²) in [5, 5.41) is 8.04. The molecular formula is C14H17N3. The number of aromatic nitrogens is 3. The van der Waals surface area contributed by atoms with Crippen LogP contribution in [-0.4, -0.2) is 15.0 Å². The van der Waals surface area contributed by atoms with E-state index in [1.54, 1.807) is 10.9 Å². The first-order valence-electron chi connectivity index (χ1n) is 5.71. The van der Waals surface area contributed by atoms with Gasteiger partial charge in [-0.05, 0) is 5.41 Å². The standard InChI is InChI=1S/C14H17N3/c1-14(2,3)9-10-17-13(11-15-16-17)12-7-5-4-6-8-12/h4-11H,1-3H3/b10-9+. The van der Waals surface area contributed by atoms with E-state index in [0.29, 0.717) is 0 Å². The van der Waals surface area contributed by atoms with Crippen molar-refractivity contribution in [2.24, 2.45) is 5.41 Å². The summed E-state index contributed by atoms with van der Waals surface area (Å²) in [5.41, 5.74) is 2.27. The van der Waals surface area contributed by atoms with Crippen LogP contribution in [0.2, 0.25) is 0 Å². The average molecular weight is 227 g/mol. The fourth-order valence-electron chi connectivity index (χ4n) is 1.46. The van der Waals surface area contributed by atoms with Crippen LogP contribution in [0.1, 0.15) is 20.8 Å². The van der Waals surface area contributed by atoms with E-state index in [-0.39, 0.29) is 5.41 Å². The minimum absolute atomic E-state index is 0.139. The summed E-state index contributed by atoms with van der Waals surface area (Å²) in [6, 6.07) is 10.1. The Morgan fingerprint density at radius 2 is 1.82 bits per heavy atom. The summed E-state index contributed by atoms with van der Waals surface area (Å²) < 4.78 is 1.81. The Kier molecular flexibility index (Phi) is 3.09. The lowest BCUT2D eigenvalue weighted by Gasteiger charge is -2.11. The van der Waals surface area contributed by atoms with E-state index in [4.69, 9.17) is 0 Å². The summed E-state index contributed by atoms with van der Waals surface area (Å²) in [5.74, 6) is 0. The molecule has 3 nitrogen and oxygen atoms in total. The van der Waals surface area contributed by atoms with Gasteiger partial charge in [0.15, 0.2) is 0 Å². The van der Waals surface area contributed by atoms with Gasteiger partial charge in [0.2, 0.25) is 0 Å². The molecule has 0 saturated heterocycles. The normalized spacial score (nSPS) is 12.2. The van der Waals surface area contributed by atoms with E-state index >= 15 is 0 Å². The second kappa shape index (κ2) is 4.53. The van der Waals surface area contributed by atoms with E-state index in [1.165, 1.54) is 0 Å². The van der Waals surface area contributed by atoms with Crippen molar-refractivity contribution in [2.45, 2.75) is 20.8 Å². The zero-order chi connectivity index (χ0) is 12.3. The lowest BCUT2D eigenvalue weighted by atomic mass is 9.97. The maximum absolute atomic E-state index is 4.08. The number of rotatable bonds is 2. The molecule has 0 aliphatic rings. The van der Waals surface area contributed by atoms with Crippen LogP contribution in [0.15, 0.2) is 42.6 Å². The van der Waals surface area contributed by atoms with Crippen molar-refractivity contribution in [1.29, 1.82) is 0 Å². The van der Waals surface area contributed by atoms with Crippen molar-refractivity contribution >= 4 is 6.20 Å². The van der Waals surface area contributed by atoms with Crippen LogP contribution in [0.5, 0.6) is 0 Å². The summed E-state index contributed by atoms with van der Waals surface area (Å²) in [4.78, 5) is 0. The van der Waals surface area contributed by atoms with Gasteiger partial charge in [-0.2, -0.15) is 0 Å². The lowest BCUT2D eigenvalue weighted by Crippen LogP contribution is -2.01. The van der Waals surface area contributed by atoms with Gasteiger partial charge in [-0.15, -0.1) is 5.10 Å². The SMILES string of the molecule is CC(C)(C)/C=C/n1nncc1-c1ccccc1. The van der Waals surface area contributed by atoms with Crippen LogP contribution < -0.4 is 0 Å². The molecule has 0 amide bonds. The van der Waals surface area contributed by atoms with Gasteiger partial charge in [0, 0.05) is 11.8 Å². The Balaban J connectivity index is 2.33. The highest BCUT2D eigenvalue weighted by Gasteiger charge is 2.07. The molecule has 0 aliphatic carbocycles. The third kappa shape index (κ3) is 3.03. The predicted molar refractivity (Wildman–Crippen MR) is 70.2 cm³/mol. The first-order chi connectivity index (χ1) is 8.06. The highest BCUT2D eigenvalue weighted by atomic mass is 15.4. The zero-order valence-corrected chi connectivity index (χ0v) is 10.5. The topological polar surface area (TPSA) is 30.7 Å². The van der Waals surface area contributed by atoms with Crippen LogP contribution in [0, 0.1) is 5.41 Å². The second-order valence-corrected chi connectivity index (χ2v) is 5.11. The summed E-state index contributed by atoms with van der Waals surface area (Å²) in [6.45, 7) is 6.47. The highest BCUT2D eigenvalue weighted by molar-refractivity contribution is 5.60.